The van der Waals surface area contributed by atoms with Crippen molar-refractivity contribution >= 4 is 39.0 Å². The lowest BCUT2D eigenvalue weighted by Gasteiger charge is -2.34. The summed E-state index contributed by atoms with van der Waals surface area (Å²) in [4.78, 5) is 11.0. The van der Waals surface area contributed by atoms with Crippen LogP contribution in [0.25, 0.3) is 10.2 Å². The van der Waals surface area contributed by atoms with Gasteiger partial charge in [-0.05, 0) is 36.6 Å². The van der Waals surface area contributed by atoms with Gasteiger partial charge in [-0.15, -0.1) is 22.9 Å². The number of hydrogen-bond acceptors (Lipinski definition) is 4. The fraction of sp³-hybridized carbons (Fsp3) is 0.538. The quantitative estimate of drug-likeness (QED) is 0.807. The Hall–Kier alpha value is -0.870. The molecule has 2 heterocycles. The maximum absolute atomic E-state index is 6.03. The van der Waals surface area contributed by atoms with Gasteiger partial charge in [0.2, 0.25) is 0 Å². The third kappa shape index (κ3) is 2.08. The number of anilines is 1. The summed E-state index contributed by atoms with van der Waals surface area (Å²) < 4.78 is 1.19. The largest absolute Gasteiger partial charge is 0.358 e. The Balaban J connectivity index is 1.84. The average molecular weight is 282 g/mol. The fourth-order valence-corrected chi connectivity index (χ4v) is 4.06. The van der Waals surface area contributed by atoms with Gasteiger partial charge in [-0.1, -0.05) is 0 Å². The molecule has 96 valence electrons. The van der Waals surface area contributed by atoms with Crippen molar-refractivity contribution in [1.29, 1.82) is 0 Å². The predicted octanol–water partition coefficient (Wildman–Crippen LogP) is 3.45. The fourth-order valence-electron chi connectivity index (χ4n) is 2.51. The molecule has 0 aliphatic heterocycles. The van der Waals surface area contributed by atoms with Crippen LogP contribution in [0.4, 0.5) is 5.82 Å². The molecule has 1 fully saturated rings. The highest BCUT2D eigenvalue weighted by atomic mass is 35.5. The van der Waals surface area contributed by atoms with E-state index in [-0.39, 0.29) is 0 Å². The predicted molar refractivity (Wildman–Crippen MR) is 77.8 cm³/mol. The number of halogens is 1. The van der Waals surface area contributed by atoms with E-state index in [1.165, 1.54) is 10.3 Å². The van der Waals surface area contributed by atoms with Crippen LogP contribution in [0, 0.1) is 12.8 Å². The van der Waals surface area contributed by atoms with Crippen LogP contribution in [0.15, 0.2) is 11.7 Å². The molecule has 0 atom stereocenters. The van der Waals surface area contributed by atoms with E-state index in [1.54, 1.807) is 17.7 Å². The highest BCUT2D eigenvalue weighted by molar-refractivity contribution is 7.18. The van der Waals surface area contributed by atoms with Crippen molar-refractivity contribution in [2.24, 2.45) is 5.92 Å². The minimum absolute atomic E-state index is 0.387. The van der Waals surface area contributed by atoms with Crippen LogP contribution in [0.2, 0.25) is 0 Å². The first kappa shape index (κ1) is 12.2. The van der Waals surface area contributed by atoms with Gasteiger partial charge in [-0.2, -0.15) is 0 Å². The Labute approximate surface area is 116 Å². The second-order valence-corrected chi connectivity index (χ2v) is 6.61. The molecule has 0 unspecified atom stereocenters. The van der Waals surface area contributed by atoms with Gasteiger partial charge in [-0.3, -0.25) is 0 Å². The molecule has 5 heteroatoms. The number of fused-ring (bicyclic) bond motifs is 1. The van der Waals surface area contributed by atoms with Crippen LogP contribution in [-0.2, 0) is 0 Å². The first-order valence-corrected chi connectivity index (χ1v) is 7.50. The van der Waals surface area contributed by atoms with Crippen molar-refractivity contribution < 1.29 is 0 Å². The van der Waals surface area contributed by atoms with Gasteiger partial charge in [0.15, 0.2) is 0 Å². The Morgan fingerprint density at radius 3 is 2.94 bits per heavy atom. The number of alkyl halides is 1. The van der Waals surface area contributed by atoms with Gasteiger partial charge in [0.05, 0.1) is 10.2 Å². The lowest BCUT2D eigenvalue weighted by Crippen LogP contribution is -2.35. The molecule has 0 spiro atoms. The van der Waals surface area contributed by atoms with Crippen molar-refractivity contribution in [1.82, 2.24) is 9.97 Å². The Bertz CT molecular complexity index is 562. The summed E-state index contributed by atoms with van der Waals surface area (Å²) in [6.07, 6.45) is 3.92. The number of thiophene rings is 1. The van der Waals surface area contributed by atoms with Crippen molar-refractivity contribution in [3.63, 3.8) is 0 Å². The monoisotopic (exact) mass is 281 g/mol. The van der Waals surface area contributed by atoms with E-state index in [4.69, 9.17) is 11.6 Å². The molecule has 3 rings (SSSR count). The second-order valence-electron chi connectivity index (χ2n) is 5.11. The van der Waals surface area contributed by atoms with E-state index in [0.717, 1.165) is 30.7 Å². The van der Waals surface area contributed by atoms with E-state index in [2.05, 4.69) is 34.2 Å². The lowest BCUT2D eigenvalue weighted by atomic mass is 9.84. The molecule has 0 amide bonds. The van der Waals surface area contributed by atoms with Crippen molar-refractivity contribution in [3.8, 4) is 0 Å². The summed E-state index contributed by atoms with van der Waals surface area (Å²) >= 11 is 7.76. The number of rotatable bonds is 3. The smallest absolute Gasteiger partial charge is 0.149 e. The van der Waals surface area contributed by atoms with Gasteiger partial charge in [-0.25, -0.2) is 9.97 Å². The van der Waals surface area contributed by atoms with E-state index in [9.17, 15) is 0 Å². The Morgan fingerprint density at radius 2 is 2.22 bits per heavy atom. The zero-order valence-electron chi connectivity index (χ0n) is 10.6. The standard InChI is InChI=1S/C13H16ClN3S/c1-8-6-18-12-11(8)15-7-16-13(12)17(2)5-9-3-10(14)4-9/h6-7,9-10H,3-5H2,1-2H3. The van der Waals surface area contributed by atoms with Gasteiger partial charge >= 0.3 is 0 Å². The SMILES string of the molecule is Cc1csc2c(N(C)CC3CC(Cl)C3)ncnc12. The van der Waals surface area contributed by atoms with Crippen molar-refractivity contribution in [2.45, 2.75) is 25.1 Å². The van der Waals surface area contributed by atoms with E-state index in [1.807, 2.05) is 0 Å². The molecular weight excluding hydrogens is 266 g/mol. The molecule has 0 aromatic carbocycles. The van der Waals surface area contributed by atoms with E-state index >= 15 is 0 Å². The summed E-state index contributed by atoms with van der Waals surface area (Å²) in [5, 5.41) is 2.53. The summed E-state index contributed by atoms with van der Waals surface area (Å²) in [7, 11) is 2.11. The zero-order valence-corrected chi connectivity index (χ0v) is 12.1. The minimum Gasteiger partial charge on any atom is -0.358 e. The van der Waals surface area contributed by atoms with E-state index < -0.39 is 0 Å². The first-order chi connectivity index (χ1) is 8.65. The molecule has 0 saturated heterocycles. The minimum atomic E-state index is 0.387. The summed E-state index contributed by atoms with van der Waals surface area (Å²) in [5.41, 5.74) is 2.32. The van der Waals surface area contributed by atoms with Crippen molar-refractivity contribution in [2.75, 3.05) is 18.5 Å². The highest BCUT2D eigenvalue weighted by Gasteiger charge is 2.28. The lowest BCUT2D eigenvalue weighted by molar-refractivity contribution is 0.329. The zero-order chi connectivity index (χ0) is 12.7. The molecule has 18 heavy (non-hydrogen) atoms. The Morgan fingerprint density at radius 1 is 1.44 bits per heavy atom. The molecule has 3 nitrogen and oxygen atoms in total. The average Bonchev–Trinajstić information content (AvgIpc) is 2.69. The molecule has 2 aromatic rings. The van der Waals surface area contributed by atoms with Gasteiger partial charge in [0.25, 0.3) is 0 Å². The number of hydrogen-bond donors (Lipinski definition) is 0. The summed E-state index contributed by atoms with van der Waals surface area (Å²) in [6, 6.07) is 0. The van der Waals surface area contributed by atoms with Crippen LogP contribution >= 0.6 is 22.9 Å². The molecule has 1 aliphatic carbocycles. The second kappa shape index (κ2) is 4.67. The first-order valence-electron chi connectivity index (χ1n) is 6.19. The normalized spacial score (nSPS) is 23.1. The molecule has 1 aliphatic rings. The third-order valence-electron chi connectivity index (χ3n) is 3.58. The maximum atomic E-state index is 6.03. The summed E-state index contributed by atoms with van der Waals surface area (Å²) in [5.74, 6) is 1.76. The van der Waals surface area contributed by atoms with Gasteiger partial charge < -0.3 is 4.90 Å². The van der Waals surface area contributed by atoms with Crippen LogP contribution in [0.1, 0.15) is 18.4 Å². The molecule has 0 bridgehead atoms. The van der Waals surface area contributed by atoms with Gasteiger partial charge in [0.1, 0.15) is 12.1 Å². The molecule has 0 radical (unpaired) electrons. The number of nitrogens with zero attached hydrogens (tertiary/aromatic N) is 3. The molecular formula is C13H16ClN3S. The third-order valence-corrected chi connectivity index (χ3v) is 5.02. The van der Waals surface area contributed by atoms with Crippen LogP contribution in [-0.4, -0.2) is 28.9 Å². The molecule has 1 saturated carbocycles. The Kier molecular flexibility index (Phi) is 3.16. The summed E-state index contributed by atoms with van der Waals surface area (Å²) in [6.45, 7) is 3.13. The maximum Gasteiger partial charge on any atom is 0.149 e. The molecule has 2 aromatic heterocycles. The highest BCUT2D eigenvalue weighted by Crippen LogP contribution is 2.35. The number of aromatic nitrogens is 2. The van der Waals surface area contributed by atoms with Crippen LogP contribution in [0.5, 0.6) is 0 Å². The number of aryl methyl sites for hydroxylation is 1. The van der Waals surface area contributed by atoms with Crippen molar-refractivity contribution in [3.05, 3.63) is 17.3 Å². The van der Waals surface area contributed by atoms with E-state index in [0.29, 0.717) is 11.3 Å². The van der Waals surface area contributed by atoms with Gasteiger partial charge in [0, 0.05) is 19.0 Å². The molecule has 0 N–H and O–H groups in total. The van der Waals surface area contributed by atoms with Crippen LogP contribution < -0.4 is 4.90 Å². The van der Waals surface area contributed by atoms with Crippen LogP contribution in [0.3, 0.4) is 0 Å². The topological polar surface area (TPSA) is 29.0 Å².